The summed E-state index contributed by atoms with van der Waals surface area (Å²) in [7, 11) is 0. The predicted molar refractivity (Wildman–Crippen MR) is 81.6 cm³/mol. The van der Waals surface area contributed by atoms with Crippen LogP contribution in [0.1, 0.15) is 57.8 Å². The van der Waals surface area contributed by atoms with Gasteiger partial charge in [-0.3, -0.25) is 4.79 Å². The minimum atomic E-state index is -0.451. The zero-order valence-electron chi connectivity index (χ0n) is 12.9. The van der Waals surface area contributed by atoms with Gasteiger partial charge in [0.25, 0.3) is 0 Å². The lowest BCUT2D eigenvalue weighted by molar-refractivity contribution is -0.115. The Kier molecular flexibility index (Phi) is 4.19. The summed E-state index contributed by atoms with van der Waals surface area (Å²) in [6.07, 6.45) is 1.83. The second-order valence-corrected chi connectivity index (χ2v) is 7.26. The highest BCUT2D eigenvalue weighted by Crippen LogP contribution is 2.32. The van der Waals surface area contributed by atoms with Crippen molar-refractivity contribution in [3.63, 3.8) is 0 Å². The van der Waals surface area contributed by atoms with Crippen molar-refractivity contribution in [3.05, 3.63) is 29.3 Å². The second kappa shape index (κ2) is 5.57. The van der Waals surface area contributed by atoms with Gasteiger partial charge in [-0.25, -0.2) is 0 Å². The molecule has 2 atom stereocenters. The van der Waals surface area contributed by atoms with Crippen LogP contribution in [0.2, 0.25) is 0 Å². The molecule has 1 heterocycles. The van der Waals surface area contributed by atoms with Gasteiger partial charge in [-0.2, -0.15) is 0 Å². The van der Waals surface area contributed by atoms with E-state index in [1.165, 1.54) is 0 Å². The number of benzene rings is 1. The maximum absolute atomic E-state index is 11.3. The number of carbonyl (C=O) groups is 1. The fourth-order valence-electron chi connectivity index (χ4n) is 3.10. The van der Waals surface area contributed by atoms with Gasteiger partial charge in [0.2, 0.25) is 5.91 Å². The maximum Gasteiger partial charge on any atom is 0.228 e. The lowest BCUT2D eigenvalue weighted by atomic mass is 9.82. The molecule has 0 aromatic heterocycles. The van der Waals surface area contributed by atoms with Gasteiger partial charge in [-0.05, 0) is 41.4 Å². The fourth-order valence-corrected chi connectivity index (χ4v) is 3.10. The molecule has 20 heavy (non-hydrogen) atoms. The zero-order valence-corrected chi connectivity index (χ0v) is 12.9. The van der Waals surface area contributed by atoms with E-state index >= 15 is 0 Å². The summed E-state index contributed by atoms with van der Waals surface area (Å²) in [6.45, 7) is 8.86. The van der Waals surface area contributed by atoms with Crippen LogP contribution in [0.15, 0.2) is 18.2 Å². The molecule has 2 N–H and O–H groups in total. The lowest BCUT2D eigenvalue weighted by Crippen LogP contribution is -2.13. The molecule has 0 radical (unpaired) electrons. The maximum atomic E-state index is 11.3. The van der Waals surface area contributed by atoms with Crippen LogP contribution in [0.25, 0.3) is 0 Å². The summed E-state index contributed by atoms with van der Waals surface area (Å²) < 4.78 is 0. The molecular formula is C17H25NO2. The molecule has 0 spiro atoms. The Hall–Kier alpha value is -1.35. The molecule has 0 fully saturated rings. The van der Waals surface area contributed by atoms with Crippen molar-refractivity contribution in [1.82, 2.24) is 0 Å². The molecule has 0 aliphatic carbocycles. The predicted octanol–water partition coefficient (Wildman–Crippen LogP) is 3.68. The van der Waals surface area contributed by atoms with Crippen LogP contribution in [-0.4, -0.2) is 11.0 Å². The molecule has 3 heteroatoms. The van der Waals surface area contributed by atoms with E-state index < -0.39 is 6.10 Å². The van der Waals surface area contributed by atoms with Crippen LogP contribution in [0, 0.1) is 11.3 Å². The van der Waals surface area contributed by atoms with Crippen molar-refractivity contribution in [2.75, 3.05) is 5.32 Å². The molecule has 110 valence electrons. The molecular weight excluding hydrogens is 250 g/mol. The van der Waals surface area contributed by atoms with Gasteiger partial charge in [0.15, 0.2) is 0 Å². The number of hydrogen-bond donors (Lipinski definition) is 2. The normalized spacial score (nSPS) is 17.6. The Bertz CT molecular complexity index is 502. The summed E-state index contributed by atoms with van der Waals surface area (Å²) in [5, 5.41) is 13.2. The van der Waals surface area contributed by atoms with Crippen LogP contribution >= 0.6 is 0 Å². The Morgan fingerprint density at radius 3 is 2.70 bits per heavy atom. The third kappa shape index (κ3) is 3.83. The Morgan fingerprint density at radius 1 is 1.35 bits per heavy atom. The SMILES string of the molecule is CC(CC(O)c1ccc2c(c1)CC(=O)N2)CC(C)(C)C. The van der Waals surface area contributed by atoms with Crippen molar-refractivity contribution in [3.8, 4) is 0 Å². The monoisotopic (exact) mass is 275 g/mol. The molecule has 1 aromatic carbocycles. The molecule has 0 saturated heterocycles. The number of amides is 1. The first kappa shape index (κ1) is 15.0. The first-order chi connectivity index (χ1) is 9.24. The summed E-state index contributed by atoms with van der Waals surface area (Å²) in [6, 6.07) is 5.77. The molecule has 2 rings (SSSR count). The van der Waals surface area contributed by atoms with Crippen LogP contribution in [0.4, 0.5) is 5.69 Å². The molecule has 3 nitrogen and oxygen atoms in total. The summed E-state index contributed by atoms with van der Waals surface area (Å²) in [5.74, 6) is 0.505. The minimum absolute atomic E-state index is 0.0349. The molecule has 1 aliphatic heterocycles. The summed E-state index contributed by atoms with van der Waals surface area (Å²) in [4.78, 5) is 11.3. The largest absolute Gasteiger partial charge is 0.388 e. The van der Waals surface area contributed by atoms with E-state index in [1.54, 1.807) is 0 Å². The Morgan fingerprint density at radius 2 is 2.05 bits per heavy atom. The highest BCUT2D eigenvalue weighted by atomic mass is 16.3. The molecule has 0 bridgehead atoms. The van der Waals surface area contributed by atoms with Crippen molar-refractivity contribution in [1.29, 1.82) is 0 Å². The summed E-state index contributed by atoms with van der Waals surface area (Å²) in [5.41, 5.74) is 3.08. The van der Waals surface area contributed by atoms with Crippen LogP contribution in [0.5, 0.6) is 0 Å². The highest BCUT2D eigenvalue weighted by Gasteiger charge is 2.22. The van der Waals surface area contributed by atoms with Crippen molar-refractivity contribution in [2.24, 2.45) is 11.3 Å². The van der Waals surface area contributed by atoms with Crippen molar-refractivity contribution >= 4 is 11.6 Å². The van der Waals surface area contributed by atoms with Gasteiger partial charge in [0, 0.05) is 5.69 Å². The van der Waals surface area contributed by atoms with E-state index in [0.29, 0.717) is 12.3 Å². The van der Waals surface area contributed by atoms with E-state index in [2.05, 4.69) is 33.0 Å². The van der Waals surface area contributed by atoms with Crippen LogP contribution in [0.3, 0.4) is 0 Å². The topological polar surface area (TPSA) is 49.3 Å². The van der Waals surface area contributed by atoms with Gasteiger partial charge < -0.3 is 10.4 Å². The molecule has 1 aromatic rings. The first-order valence-electron chi connectivity index (χ1n) is 7.35. The van der Waals surface area contributed by atoms with E-state index in [4.69, 9.17) is 0 Å². The number of aliphatic hydroxyl groups excluding tert-OH is 1. The van der Waals surface area contributed by atoms with E-state index in [9.17, 15) is 9.90 Å². The van der Waals surface area contributed by atoms with Gasteiger partial charge >= 0.3 is 0 Å². The van der Waals surface area contributed by atoms with Gasteiger partial charge in [-0.1, -0.05) is 39.8 Å². The third-order valence-electron chi connectivity index (χ3n) is 3.73. The Balaban J connectivity index is 2.01. The Labute approximate surface area is 121 Å². The molecule has 0 saturated carbocycles. The number of fused-ring (bicyclic) bond motifs is 1. The molecule has 1 amide bonds. The van der Waals surface area contributed by atoms with Crippen LogP contribution < -0.4 is 5.32 Å². The number of rotatable bonds is 4. The van der Waals surface area contributed by atoms with Crippen molar-refractivity contribution < 1.29 is 9.90 Å². The van der Waals surface area contributed by atoms with Gasteiger partial charge in [0.1, 0.15) is 0 Å². The van der Waals surface area contributed by atoms with E-state index in [1.807, 2.05) is 18.2 Å². The smallest absolute Gasteiger partial charge is 0.228 e. The average Bonchev–Trinajstić information content (AvgIpc) is 2.64. The average molecular weight is 275 g/mol. The zero-order chi connectivity index (χ0) is 14.9. The second-order valence-electron chi connectivity index (χ2n) is 7.26. The number of aliphatic hydroxyl groups is 1. The quantitative estimate of drug-likeness (QED) is 0.880. The number of hydrogen-bond acceptors (Lipinski definition) is 2. The highest BCUT2D eigenvalue weighted by molar-refractivity contribution is 5.99. The minimum Gasteiger partial charge on any atom is -0.388 e. The fraction of sp³-hybridized carbons (Fsp3) is 0.588. The lowest BCUT2D eigenvalue weighted by Gasteiger charge is -2.25. The third-order valence-corrected chi connectivity index (χ3v) is 3.73. The number of nitrogens with one attached hydrogen (secondary N) is 1. The van der Waals surface area contributed by atoms with Gasteiger partial charge in [-0.15, -0.1) is 0 Å². The van der Waals surface area contributed by atoms with E-state index in [-0.39, 0.29) is 11.3 Å². The number of anilines is 1. The number of carbonyl (C=O) groups excluding carboxylic acids is 1. The first-order valence-corrected chi connectivity index (χ1v) is 7.35. The molecule has 1 aliphatic rings. The van der Waals surface area contributed by atoms with E-state index in [0.717, 1.165) is 29.7 Å². The standard InChI is InChI=1S/C17H25NO2/c1-11(10-17(2,3)4)7-15(19)12-5-6-14-13(8-12)9-16(20)18-14/h5-6,8,11,15,19H,7,9-10H2,1-4H3,(H,18,20). The molecule has 2 unspecified atom stereocenters. The van der Waals surface area contributed by atoms with Crippen LogP contribution in [-0.2, 0) is 11.2 Å². The van der Waals surface area contributed by atoms with Gasteiger partial charge in [0.05, 0.1) is 12.5 Å². The summed E-state index contributed by atoms with van der Waals surface area (Å²) >= 11 is 0. The van der Waals surface area contributed by atoms with Crippen molar-refractivity contribution in [2.45, 2.75) is 53.1 Å².